The largest absolute Gasteiger partial charge is 0.490 e. The van der Waals surface area contributed by atoms with E-state index >= 15 is 0 Å². The summed E-state index contributed by atoms with van der Waals surface area (Å²) in [5.41, 5.74) is 11.3. The topological polar surface area (TPSA) is 136 Å². The first kappa shape index (κ1) is 24.0. The van der Waals surface area contributed by atoms with E-state index in [9.17, 15) is 18.0 Å². The summed E-state index contributed by atoms with van der Waals surface area (Å²) in [6.07, 6.45) is 0.790. The quantitative estimate of drug-likeness (QED) is 0.540. The Kier molecular flexibility index (Phi) is 6.86. The number of nitrogens with two attached hydrogens (primary N) is 1. The van der Waals surface area contributed by atoms with E-state index < -0.39 is 12.1 Å². The molecule has 12 heteroatoms. The van der Waals surface area contributed by atoms with E-state index in [1.807, 2.05) is 30.5 Å². The summed E-state index contributed by atoms with van der Waals surface area (Å²) in [6, 6.07) is 5.76. The molecule has 1 amide bonds. The van der Waals surface area contributed by atoms with E-state index in [1.165, 1.54) is 6.26 Å². The molecule has 33 heavy (non-hydrogen) atoms. The lowest BCUT2D eigenvalue weighted by Crippen LogP contribution is -2.28. The minimum Gasteiger partial charge on any atom is -0.475 e. The number of aromatic nitrogens is 3. The zero-order valence-corrected chi connectivity index (χ0v) is 17.8. The number of fused-ring (bicyclic) bond motifs is 1. The number of alkyl halides is 3. The third kappa shape index (κ3) is 5.58. The van der Waals surface area contributed by atoms with Gasteiger partial charge in [-0.2, -0.15) is 13.2 Å². The van der Waals surface area contributed by atoms with Crippen LogP contribution in [0.3, 0.4) is 0 Å². The first-order valence-electron chi connectivity index (χ1n) is 9.92. The molecule has 0 aromatic carbocycles. The third-order valence-corrected chi connectivity index (χ3v) is 5.12. The maximum atomic E-state index is 12.8. The summed E-state index contributed by atoms with van der Waals surface area (Å²) < 4.78 is 38.5. The Bertz CT molecular complexity index is 1160. The van der Waals surface area contributed by atoms with Crippen LogP contribution in [-0.4, -0.2) is 43.9 Å². The number of halogens is 3. The summed E-state index contributed by atoms with van der Waals surface area (Å²) in [7, 11) is 0. The van der Waals surface area contributed by atoms with E-state index in [1.54, 1.807) is 12.3 Å². The number of hydrogen-bond donors (Lipinski definition) is 3. The number of pyridine rings is 1. The van der Waals surface area contributed by atoms with Gasteiger partial charge in [0.05, 0.1) is 17.4 Å². The van der Waals surface area contributed by atoms with Crippen molar-refractivity contribution in [2.24, 2.45) is 5.73 Å². The Morgan fingerprint density at radius 2 is 2.00 bits per heavy atom. The van der Waals surface area contributed by atoms with E-state index in [-0.39, 0.29) is 11.9 Å². The molecule has 0 saturated heterocycles. The van der Waals surface area contributed by atoms with Crippen molar-refractivity contribution in [2.75, 3.05) is 5.32 Å². The molecule has 4 rings (SSSR count). The zero-order chi connectivity index (χ0) is 24.3. The van der Waals surface area contributed by atoms with Crippen LogP contribution in [0, 0.1) is 13.8 Å². The Morgan fingerprint density at radius 1 is 1.30 bits per heavy atom. The fraction of sp³-hybridized carbons (Fsp3) is 0.333. The van der Waals surface area contributed by atoms with Gasteiger partial charge in [0.15, 0.2) is 5.82 Å². The van der Waals surface area contributed by atoms with Gasteiger partial charge in [0.25, 0.3) is 5.91 Å². The summed E-state index contributed by atoms with van der Waals surface area (Å²) in [5.74, 6) is -2.27. The number of anilines is 1. The predicted molar refractivity (Wildman–Crippen MR) is 111 cm³/mol. The number of aryl methyl sites for hydroxylation is 2. The third-order valence-electron chi connectivity index (χ3n) is 5.12. The number of rotatable bonds is 3. The highest BCUT2D eigenvalue weighted by Gasteiger charge is 2.38. The van der Waals surface area contributed by atoms with Crippen LogP contribution in [-0.2, 0) is 17.6 Å². The van der Waals surface area contributed by atoms with Crippen molar-refractivity contribution in [3.8, 4) is 5.82 Å². The Morgan fingerprint density at radius 3 is 2.61 bits per heavy atom. The molecule has 176 valence electrons. The highest BCUT2D eigenvalue weighted by Crippen LogP contribution is 2.24. The van der Waals surface area contributed by atoms with Crippen LogP contribution >= 0.6 is 0 Å². The van der Waals surface area contributed by atoms with Gasteiger partial charge in [-0.3, -0.25) is 14.3 Å². The first-order valence-corrected chi connectivity index (χ1v) is 9.92. The number of carbonyl (C=O) groups excluding carboxylic acids is 1. The van der Waals surface area contributed by atoms with E-state index in [0.29, 0.717) is 17.1 Å². The van der Waals surface area contributed by atoms with Crippen molar-refractivity contribution in [3.63, 3.8) is 0 Å². The fourth-order valence-electron chi connectivity index (χ4n) is 3.58. The van der Waals surface area contributed by atoms with Crippen molar-refractivity contribution >= 4 is 17.6 Å². The maximum absolute atomic E-state index is 12.8. The van der Waals surface area contributed by atoms with Crippen LogP contribution in [0.4, 0.5) is 18.9 Å². The van der Waals surface area contributed by atoms with Crippen molar-refractivity contribution < 1.29 is 32.4 Å². The van der Waals surface area contributed by atoms with Crippen LogP contribution in [0.1, 0.15) is 39.4 Å². The number of amides is 1. The van der Waals surface area contributed by atoms with E-state index in [4.69, 9.17) is 20.2 Å². The summed E-state index contributed by atoms with van der Waals surface area (Å²) in [6.45, 7) is 3.82. The molecular formula is C21H22F3N5O4. The second-order valence-corrected chi connectivity index (χ2v) is 7.57. The van der Waals surface area contributed by atoms with Gasteiger partial charge in [0.2, 0.25) is 0 Å². The smallest absolute Gasteiger partial charge is 0.475 e. The minimum atomic E-state index is -5.08. The van der Waals surface area contributed by atoms with Crippen LogP contribution in [0.2, 0.25) is 0 Å². The second kappa shape index (κ2) is 9.45. The standard InChI is InChI=1S/C19H21N5O2.C2HF3O2/c1-11-7-16(12(2)24(11)18-5-6-26-23-18)19(25)22-15-9-13-8-14(20)3-4-17(13)21-10-15;3-2(4,5)1(6)7/h5-7,9-10,14H,3-4,8,20H2,1-2H3,(H,22,25);(H,6,7). The number of nitrogens with zero attached hydrogens (tertiary/aromatic N) is 3. The molecule has 0 aliphatic heterocycles. The number of carboxylic acid groups (broad SMARTS) is 1. The van der Waals surface area contributed by atoms with Gasteiger partial charge in [0, 0.05) is 29.2 Å². The number of carboxylic acids is 1. The van der Waals surface area contributed by atoms with Crippen molar-refractivity contribution in [1.82, 2.24) is 14.7 Å². The number of carbonyl (C=O) groups is 2. The monoisotopic (exact) mass is 465 g/mol. The SMILES string of the molecule is Cc1cc(C(=O)Nc2cnc3c(c2)CC(N)CC3)c(C)n1-c1ccon1.O=C(O)C(F)(F)F. The van der Waals surface area contributed by atoms with Gasteiger partial charge >= 0.3 is 12.1 Å². The van der Waals surface area contributed by atoms with Crippen LogP contribution < -0.4 is 11.1 Å². The van der Waals surface area contributed by atoms with E-state index in [2.05, 4.69) is 15.5 Å². The summed E-state index contributed by atoms with van der Waals surface area (Å²) in [4.78, 5) is 26.2. The molecule has 0 spiro atoms. The molecule has 0 radical (unpaired) electrons. The Labute approximate surface area is 186 Å². The van der Waals surface area contributed by atoms with Crippen LogP contribution in [0.25, 0.3) is 5.82 Å². The Balaban J connectivity index is 0.000000383. The molecule has 3 aromatic heterocycles. The van der Waals surface area contributed by atoms with Crippen molar-refractivity contribution in [2.45, 2.75) is 45.3 Å². The fourth-order valence-corrected chi connectivity index (χ4v) is 3.58. The van der Waals surface area contributed by atoms with Gasteiger partial charge in [-0.1, -0.05) is 5.16 Å². The number of aliphatic carboxylic acids is 1. The van der Waals surface area contributed by atoms with Crippen LogP contribution in [0.5, 0.6) is 0 Å². The van der Waals surface area contributed by atoms with Gasteiger partial charge in [-0.25, -0.2) is 4.79 Å². The molecule has 3 aromatic rings. The van der Waals surface area contributed by atoms with E-state index in [0.717, 1.165) is 41.9 Å². The lowest BCUT2D eigenvalue weighted by atomic mass is 9.92. The Hall–Kier alpha value is -3.67. The van der Waals surface area contributed by atoms with Gasteiger partial charge in [-0.05, 0) is 50.8 Å². The molecule has 1 aliphatic carbocycles. The normalized spacial score (nSPS) is 15.3. The molecular weight excluding hydrogens is 443 g/mol. The maximum Gasteiger partial charge on any atom is 0.490 e. The number of nitrogens with one attached hydrogen (secondary N) is 1. The molecule has 4 N–H and O–H groups in total. The highest BCUT2D eigenvalue weighted by atomic mass is 19.4. The van der Waals surface area contributed by atoms with Crippen molar-refractivity contribution in [1.29, 1.82) is 0 Å². The molecule has 0 saturated carbocycles. The average Bonchev–Trinajstić information content (AvgIpc) is 3.35. The van der Waals surface area contributed by atoms with Crippen molar-refractivity contribution in [3.05, 3.63) is 58.9 Å². The minimum absolute atomic E-state index is 0.164. The molecule has 3 heterocycles. The molecule has 0 bridgehead atoms. The summed E-state index contributed by atoms with van der Waals surface area (Å²) in [5, 5.41) is 14.0. The van der Waals surface area contributed by atoms with Gasteiger partial charge in [0.1, 0.15) is 6.26 Å². The van der Waals surface area contributed by atoms with Gasteiger partial charge < -0.3 is 20.7 Å². The predicted octanol–water partition coefficient (Wildman–Crippen LogP) is 3.18. The molecule has 1 atom stereocenters. The second-order valence-electron chi connectivity index (χ2n) is 7.57. The first-order chi connectivity index (χ1) is 15.5. The molecule has 0 fully saturated rings. The van der Waals surface area contributed by atoms with Crippen LogP contribution in [0.15, 0.2) is 35.2 Å². The average molecular weight is 465 g/mol. The lowest BCUT2D eigenvalue weighted by molar-refractivity contribution is -0.192. The number of hydrogen-bond acceptors (Lipinski definition) is 6. The highest BCUT2D eigenvalue weighted by molar-refractivity contribution is 6.05. The molecule has 1 aliphatic rings. The zero-order valence-electron chi connectivity index (χ0n) is 17.8. The van der Waals surface area contributed by atoms with Gasteiger partial charge in [-0.15, -0.1) is 0 Å². The molecule has 1 unspecified atom stereocenters. The lowest BCUT2D eigenvalue weighted by Gasteiger charge is -2.21. The molecule has 9 nitrogen and oxygen atoms in total. The summed E-state index contributed by atoms with van der Waals surface area (Å²) >= 11 is 0.